The number of hydrogen-bond donors (Lipinski definition) is 1. The number of nitrogens with two attached hydrogens (primary N) is 1. The Labute approximate surface area is 101 Å². The van der Waals surface area contributed by atoms with E-state index in [0.717, 1.165) is 17.8 Å². The zero-order valence-electron chi connectivity index (χ0n) is 9.79. The van der Waals surface area contributed by atoms with Gasteiger partial charge in [-0.15, -0.1) is 0 Å². The lowest BCUT2D eigenvalue weighted by Gasteiger charge is -2.13. The molecule has 2 heterocycles. The Kier molecular flexibility index (Phi) is 3.15. The Bertz CT molecular complexity index is 436. The molecule has 4 heteroatoms. The Morgan fingerprint density at radius 2 is 2.31 bits per heavy atom. The Balaban J connectivity index is 2.30. The van der Waals surface area contributed by atoms with Crippen LogP contribution in [0.2, 0.25) is 0 Å². The van der Waals surface area contributed by atoms with Crippen molar-refractivity contribution in [2.75, 3.05) is 11.5 Å². The summed E-state index contributed by atoms with van der Waals surface area (Å²) in [6.45, 7) is 4.97. The van der Waals surface area contributed by atoms with E-state index in [9.17, 15) is 0 Å². The predicted octanol–water partition coefficient (Wildman–Crippen LogP) is 2.45. The average Bonchev–Trinajstić information content (AvgIpc) is 2.83. The number of rotatable bonds is 2. The van der Waals surface area contributed by atoms with Crippen LogP contribution >= 0.6 is 11.8 Å². The van der Waals surface area contributed by atoms with Gasteiger partial charge in [0.05, 0.1) is 5.56 Å². The van der Waals surface area contributed by atoms with Crippen molar-refractivity contribution < 1.29 is 0 Å². The monoisotopic (exact) mass is 235 g/mol. The number of hydrogen-bond acceptors (Lipinski definition) is 3. The van der Waals surface area contributed by atoms with E-state index in [1.165, 1.54) is 18.6 Å². The molecule has 3 nitrogen and oxygen atoms in total. The van der Waals surface area contributed by atoms with Crippen LogP contribution in [0.4, 0.5) is 5.82 Å². The SMILES string of the molecule is Cc1c(C#N)c(N)n(CC2CCCS2)c1C. The third-order valence-electron chi connectivity index (χ3n) is 3.39. The molecule has 1 saturated heterocycles. The number of aromatic nitrogens is 1. The van der Waals surface area contributed by atoms with E-state index in [-0.39, 0.29) is 0 Å². The molecule has 16 heavy (non-hydrogen) atoms. The molecule has 0 bridgehead atoms. The number of nitrogens with zero attached hydrogens (tertiary/aromatic N) is 2. The van der Waals surface area contributed by atoms with Crippen molar-refractivity contribution in [2.24, 2.45) is 0 Å². The molecular weight excluding hydrogens is 218 g/mol. The first-order valence-electron chi connectivity index (χ1n) is 5.62. The number of anilines is 1. The lowest BCUT2D eigenvalue weighted by atomic mass is 10.2. The van der Waals surface area contributed by atoms with Crippen molar-refractivity contribution in [3.8, 4) is 6.07 Å². The van der Waals surface area contributed by atoms with Crippen LogP contribution in [0.15, 0.2) is 0 Å². The minimum Gasteiger partial charge on any atom is -0.384 e. The summed E-state index contributed by atoms with van der Waals surface area (Å²) in [4.78, 5) is 0. The second-order valence-corrected chi connectivity index (χ2v) is 5.74. The minimum absolute atomic E-state index is 0.644. The van der Waals surface area contributed by atoms with Crippen molar-refractivity contribution in [3.05, 3.63) is 16.8 Å². The van der Waals surface area contributed by atoms with Gasteiger partial charge in [0.1, 0.15) is 11.9 Å². The highest BCUT2D eigenvalue weighted by atomic mass is 32.2. The summed E-state index contributed by atoms with van der Waals surface area (Å²) >= 11 is 2.02. The molecule has 1 fully saturated rings. The highest BCUT2D eigenvalue weighted by molar-refractivity contribution is 8.00. The molecule has 0 saturated carbocycles. The van der Waals surface area contributed by atoms with Crippen LogP contribution in [0.3, 0.4) is 0 Å². The third kappa shape index (κ3) is 1.80. The molecule has 86 valence electrons. The van der Waals surface area contributed by atoms with E-state index < -0.39 is 0 Å². The Morgan fingerprint density at radius 3 is 2.81 bits per heavy atom. The van der Waals surface area contributed by atoms with E-state index >= 15 is 0 Å². The predicted molar refractivity (Wildman–Crippen MR) is 68.5 cm³/mol. The number of thioether (sulfide) groups is 1. The molecule has 1 aromatic heterocycles. The van der Waals surface area contributed by atoms with Gasteiger partial charge in [0, 0.05) is 17.5 Å². The first kappa shape index (κ1) is 11.4. The summed E-state index contributed by atoms with van der Waals surface area (Å²) in [6, 6.07) is 2.20. The molecule has 1 aliphatic heterocycles. The summed E-state index contributed by atoms with van der Waals surface area (Å²) in [5, 5.41) is 9.72. The smallest absolute Gasteiger partial charge is 0.122 e. The fraction of sp³-hybridized carbons (Fsp3) is 0.583. The number of nitriles is 1. The maximum absolute atomic E-state index is 9.05. The largest absolute Gasteiger partial charge is 0.384 e. The molecule has 0 aromatic carbocycles. The van der Waals surface area contributed by atoms with Crippen LogP contribution < -0.4 is 5.73 Å². The minimum atomic E-state index is 0.644. The van der Waals surface area contributed by atoms with Crippen LogP contribution in [0.5, 0.6) is 0 Å². The molecule has 0 amide bonds. The first-order chi connectivity index (χ1) is 7.65. The van der Waals surface area contributed by atoms with Crippen molar-refractivity contribution in [1.82, 2.24) is 4.57 Å². The summed E-state index contributed by atoms with van der Waals surface area (Å²) < 4.78 is 2.11. The molecule has 2 rings (SSSR count). The fourth-order valence-electron chi connectivity index (χ4n) is 2.26. The van der Waals surface area contributed by atoms with Gasteiger partial charge in [-0.3, -0.25) is 0 Å². The van der Waals surface area contributed by atoms with Crippen LogP contribution in [0, 0.1) is 25.2 Å². The topological polar surface area (TPSA) is 54.7 Å². The maximum atomic E-state index is 9.05. The Hall–Kier alpha value is -1.08. The summed E-state index contributed by atoms with van der Waals surface area (Å²) in [5.41, 5.74) is 8.85. The lowest BCUT2D eigenvalue weighted by Crippen LogP contribution is -2.13. The molecule has 2 N–H and O–H groups in total. The quantitative estimate of drug-likeness (QED) is 0.856. The van der Waals surface area contributed by atoms with Gasteiger partial charge in [0.2, 0.25) is 0 Å². The van der Waals surface area contributed by atoms with E-state index in [1.54, 1.807) is 0 Å². The molecular formula is C12H17N3S. The standard InChI is InChI=1S/C12H17N3S/c1-8-9(2)15(12(14)11(8)6-13)7-10-4-3-5-16-10/h10H,3-5,7,14H2,1-2H3. The van der Waals surface area contributed by atoms with Crippen LogP contribution in [-0.2, 0) is 6.54 Å². The van der Waals surface area contributed by atoms with E-state index in [0.29, 0.717) is 16.6 Å². The molecule has 0 spiro atoms. The average molecular weight is 235 g/mol. The second kappa shape index (κ2) is 4.42. The molecule has 0 aliphatic carbocycles. The van der Waals surface area contributed by atoms with Gasteiger partial charge in [-0.25, -0.2) is 0 Å². The van der Waals surface area contributed by atoms with Gasteiger partial charge in [-0.05, 0) is 38.0 Å². The second-order valence-electron chi connectivity index (χ2n) is 4.33. The normalized spacial score (nSPS) is 19.9. The molecule has 0 radical (unpaired) electrons. The van der Waals surface area contributed by atoms with E-state index in [2.05, 4.69) is 10.6 Å². The molecule has 1 aromatic rings. The van der Waals surface area contributed by atoms with Crippen molar-refractivity contribution >= 4 is 17.6 Å². The zero-order chi connectivity index (χ0) is 11.7. The summed E-state index contributed by atoms with van der Waals surface area (Å²) in [7, 11) is 0. The lowest BCUT2D eigenvalue weighted by molar-refractivity contribution is 0.634. The van der Waals surface area contributed by atoms with Crippen LogP contribution in [0.25, 0.3) is 0 Å². The molecule has 1 aliphatic rings. The van der Waals surface area contributed by atoms with Gasteiger partial charge in [0.25, 0.3) is 0 Å². The number of nitrogen functional groups attached to an aromatic ring is 1. The maximum Gasteiger partial charge on any atom is 0.122 e. The Morgan fingerprint density at radius 1 is 1.56 bits per heavy atom. The van der Waals surface area contributed by atoms with Gasteiger partial charge < -0.3 is 10.3 Å². The van der Waals surface area contributed by atoms with E-state index in [4.69, 9.17) is 11.0 Å². The summed E-state index contributed by atoms with van der Waals surface area (Å²) in [5.74, 6) is 1.90. The molecule has 1 unspecified atom stereocenters. The highest BCUT2D eigenvalue weighted by Gasteiger charge is 2.21. The van der Waals surface area contributed by atoms with Crippen LogP contribution in [0.1, 0.15) is 29.7 Å². The van der Waals surface area contributed by atoms with Gasteiger partial charge in [-0.2, -0.15) is 17.0 Å². The van der Waals surface area contributed by atoms with Gasteiger partial charge in [0.15, 0.2) is 0 Å². The van der Waals surface area contributed by atoms with Crippen LogP contribution in [-0.4, -0.2) is 15.6 Å². The van der Waals surface area contributed by atoms with E-state index in [1.807, 2.05) is 25.6 Å². The van der Waals surface area contributed by atoms with Gasteiger partial charge >= 0.3 is 0 Å². The summed E-state index contributed by atoms with van der Waals surface area (Å²) in [6.07, 6.45) is 2.57. The third-order valence-corrected chi connectivity index (χ3v) is 4.77. The van der Waals surface area contributed by atoms with Gasteiger partial charge in [-0.1, -0.05) is 0 Å². The van der Waals surface area contributed by atoms with Crippen molar-refractivity contribution in [3.63, 3.8) is 0 Å². The highest BCUT2D eigenvalue weighted by Crippen LogP contribution is 2.31. The zero-order valence-corrected chi connectivity index (χ0v) is 10.6. The van der Waals surface area contributed by atoms with Crippen molar-refractivity contribution in [2.45, 2.75) is 38.5 Å². The first-order valence-corrected chi connectivity index (χ1v) is 6.67. The fourth-order valence-corrected chi connectivity index (χ4v) is 3.51. The van der Waals surface area contributed by atoms with Crippen molar-refractivity contribution in [1.29, 1.82) is 5.26 Å². The molecule has 1 atom stereocenters.